The lowest BCUT2D eigenvalue weighted by atomic mass is 9.96. The van der Waals surface area contributed by atoms with E-state index in [4.69, 9.17) is 11.6 Å². The van der Waals surface area contributed by atoms with Gasteiger partial charge >= 0.3 is 6.18 Å². The Morgan fingerprint density at radius 3 is 2.45 bits per heavy atom. The Morgan fingerprint density at radius 1 is 1.17 bits per heavy atom. The van der Waals surface area contributed by atoms with Gasteiger partial charge in [0.05, 0.1) is 6.04 Å². The van der Waals surface area contributed by atoms with Gasteiger partial charge in [-0.1, -0.05) is 41.4 Å². The highest BCUT2D eigenvalue weighted by molar-refractivity contribution is 6.36. The zero-order valence-corrected chi connectivity index (χ0v) is 16.7. The fourth-order valence-electron chi connectivity index (χ4n) is 3.99. The molecule has 29 heavy (non-hydrogen) atoms. The van der Waals surface area contributed by atoms with Crippen LogP contribution in [0.5, 0.6) is 0 Å². The molecular weight excluding hydrogens is 405 g/mol. The molecule has 1 N–H and O–H groups in total. The molecule has 3 heterocycles. The molecule has 2 aliphatic rings. The SMILES string of the molecule is Cc1ccc([C@H]2C[C@H](C(F)(F)F)n3nc(C(=O)N4CCCCC4)c(Cl)c3N2)cc1. The highest BCUT2D eigenvalue weighted by Gasteiger charge is 2.48. The largest absolute Gasteiger partial charge is 0.410 e. The Kier molecular flexibility index (Phi) is 5.23. The smallest absolute Gasteiger partial charge is 0.362 e. The van der Waals surface area contributed by atoms with Gasteiger partial charge in [0.1, 0.15) is 10.8 Å². The summed E-state index contributed by atoms with van der Waals surface area (Å²) in [6, 6.07) is 4.89. The average Bonchev–Trinajstić information content (AvgIpc) is 3.04. The Balaban J connectivity index is 1.71. The number of alkyl halides is 3. The van der Waals surface area contributed by atoms with Crippen molar-refractivity contribution in [1.29, 1.82) is 0 Å². The number of likely N-dealkylation sites (tertiary alicyclic amines) is 1. The van der Waals surface area contributed by atoms with Crippen LogP contribution in [0.15, 0.2) is 24.3 Å². The van der Waals surface area contributed by atoms with Crippen molar-refractivity contribution in [3.8, 4) is 0 Å². The molecule has 0 bridgehead atoms. The molecule has 4 rings (SSSR count). The molecule has 0 unspecified atom stereocenters. The third-order valence-electron chi connectivity index (χ3n) is 5.62. The first-order chi connectivity index (χ1) is 13.8. The molecule has 0 aliphatic carbocycles. The van der Waals surface area contributed by atoms with Crippen LogP contribution >= 0.6 is 11.6 Å². The number of halogens is 4. The van der Waals surface area contributed by atoms with Gasteiger partial charge < -0.3 is 10.2 Å². The van der Waals surface area contributed by atoms with E-state index in [1.54, 1.807) is 17.0 Å². The van der Waals surface area contributed by atoms with E-state index in [0.717, 1.165) is 35.1 Å². The summed E-state index contributed by atoms with van der Waals surface area (Å²) in [6.07, 6.45) is -1.96. The summed E-state index contributed by atoms with van der Waals surface area (Å²) in [5, 5.41) is 7.06. The Labute approximate surface area is 171 Å². The van der Waals surface area contributed by atoms with Gasteiger partial charge in [0.15, 0.2) is 11.7 Å². The normalized spacial score (nSPS) is 22.2. The number of nitrogens with zero attached hydrogens (tertiary/aromatic N) is 3. The number of aromatic nitrogens is 2. The number of aryl methyl sites for hydroxylation is 1. The molecule has 156 valence electrons. The maximum Gasteiger partial charge on any atom is 0.410 e. The van der Waals surface area contributed by atoms with E-state index < -0.39 is 24.2 Å². The molecule has 1 aromatic carbocycles. The maximum absolute atomic E-state index is 13.8. The molecular formula is C20H22ClF3N4O. The number of rotatable bonds is 2. The standard InChI is InChI=1S/C20H22ClF3N4O/c1-12-5-7-13(8-6-12)14-11-15(20(22,23)24)28-18(25-14)16(21)17(26-28)19(29)27-9-3-2-4-10-27/h5-8,14-15,25H,2-4,9-11H2,1H3/t14-,15-/m1/s1. The van der Waals surface area contributed by atoms with Crippen molar-refractivity contribution in [2.45, 2.75) is 50.9 Å². The lowest BCUT2D eigenvalue weighted by Gasteiger charge is -2.33. The number of carbonyl (C=O) groups excluding carboxylic acids is 1. The van der Waals surface area contributed by atoms with Gasteiger partial charge in [-0.25, -0.2) is 4.68 Å². The van der Waals surface area contributed by atoms with Crippen LogP contribution in [0.2, 0.25) is 5.02 Å². The zero-order valence-electron chi connectivity index (χ0n) is 16.0. The fourth-order valence-corrected chi connectivity index (χ4v) is 4.25. The summed E-state index contributed by atoms with van der Waals surface area (Å²) in [7, 11) is 0. The molecule has 9 heteroatoms. The van der Waals surface area contributed by atoms with Gasteiger partial charge in [0.25, 0.3) is 5.91 Å². The molecule has 2 aromatic rings. The Bertz CT molecular complexity index is 904. The molecule has 0 saturated carbocycles. The topological polar surface area (TPSA) is 50.2 Å². The van der Waals surface area contributed by atoms with Crippen molar-refractivity contribution in [2.24, 2.45) is 0 Å². The number of amides is 1. The number of hydrogen-bond donors (Lipinski definition) is 1. The quantitative estimate of drug-likeness (QED) is 0.724. The summed E-state index contributed by atoms with van der Waals surface area (Å²) < 4.78 is 42.4. The number of carbonyl (C=O) groups is 1. The Morgan fingerprint density at radius 2 is 1.83 bits per heavy atom. The second-order valence-corrected chi connectivity index (χ2v) is 8.09. The number of hydrogen-bond acceptors (Lipinski definition) is 3. The van der Waals surface area contributed by atoms with Gasteiger partial charge in [-0.3, -0.25) is 4.79 Å². The minimum absolute atomic E-state index is 0.0474. The van der Waals surface area contributed by atoms with Gasteiger partial charge in [-0.15, -0.1) is 0 Å². The lowest BCUT2D eigenvalue weighted by molar-refractivity contribution is -0.173. The van der Waals surface area contributed by atoms with Gasteiger partial charge in [-0.05, 0) is 31.7 Å². The summed E-state index contributed by atoms with van der Waals surface area (Å²) in [5.41, 5.74) is 1.64. The van der Waals surface area contributed by atoms with Gasteiger partial charge in [-0.2, -0.15) is 18.3 Å². The van der Waals surface area contributed by atoms with Crippen molar-refractivity contribution in [1.82, 2.24) is 14.7 Å². The second kappa shape index (κ2) is 7.55. The third-order valence-corrected chi connectivity index (χ3v) is 5.98. The van der Waals surface area contributed by atoms with Crippen molar-refractivity contribution >= 4 is 23.3 Å². The highest BCUT2D eigenvalue weighted by Crippen LogP contribution is 2.46. The monoisotopic (exact) mass is 426 g/mol. The first-order valence-corrected chi connectivity index (χ1v) is 10.1. The molecule has 0 spiro atoms. The minimum Gasteiger partial charge on any atom is -0.362 e. The lowest BCUT2D eigenvalue weighted by Crippen LogP contribution is -2.37. The van der Waals surface area contributed by atoms with Crippen LogP contribution in [0.25, 0.3) is 0 Å². The predicted octanol–water partition coefficient (Wildman–Crippen LogP) is 5.13. The summed E-state index contributed by atoms with van der Waals surface area (Å²) in [5.74, 6) is -0.364. The van der Waals surface area contributed by atoms with E-state index in [-0.39, 0.29) is 23.0 Å². The Hall–Kier alpha value is -2.22. The summed E-state index contributed by atoms with van der Waals surface area (Å²) in [4.78, 5) is 14.5. The van der Waals surface area contributed by atoms with Gasteiger partial charge in [0.2, 0.25) is 0 Å². The van der Waals surface area contributed by atoms with E-state index in [1.165, 1.54) is 0 Å². The number of anilines is 1. The highest BCUT2D eigenvalue weighted by atomic mass is 35.5. The molecule has 1 saturated heterocycles. The van der Waals surface area contributed by atoms with Crippen LogP contribution < -0.4 is 5.32 Å². The second-order valence-electron chi connectivity index (χ2n) is 7.71. The fraction of sp³-hybridized carbons (Fsp3) is 0.500. The molecule has 1 aromatic heterocycles. The van der Waals surface area contributed by atoms with Crippen molar-refractivity contribution in [3.05, 3.63) is 46.1 Å². The van der Waals surface area contributed by atoms with E-state index in [1.807, 2.05) is 19.1 Å². The first-order valence-electron chi connectivity index (χ1n) is 9.73. The maximum atomic E-state index is 13.8. The molecule has 0 radical (unpaired) electrons. The number of benzene rings is 1. The van der Waals surface area contributed by atoms with Crippen LogP contribution in [0.3, 0.4) is 0 Å². The van der Waals surface area contributed by atoms with Crippen LogP contribution in [0.1, 0.15) is 59.4 Å². The van der Waals surface area contributed by atoms with Crippen LogP contribution in [-0.2, 0) is 0 Å². The van der Waals surface area contributed by atoms with E-state index in [9.17, 15) is 18.0 Å². The zero-order chi connectivity index (χ0) is 20.8. The number of fused-ring (bicyclic) bond motifs is 1. The molecule has 1 fully saturated rings. The molecule has 1 amide bonds. The molecule has 2 atom stereocenters. The van der Waals surface area contributed by atoms with E-state index >= 15 is 0 Å². The average molecular weight is 427 g/mol. The van der Waals surface area contributed by atoms with Crippen molar-refractivity contribution < 1.29 is 18.0 Å². The first kappa shape index (κ1) is 20.1. The third kappa shape index (κ3) is 3.82. The summed E-state index contributed by atoms with van der Waals surface area (Å²) in [6.45, 7) is 3.06. The van der Waals surface area contributed by atoms with Crippen LogP contribution in [-0.4, -0.2) is 39.9 Å². The predicted molar refractivity (Wildman–Crippen MR) is 104 cm³/mol. The van der Waals surface area contributed by atoms with Crippen LogP contribution in [0, 0.1) is 6.92 Å². The summed E-state index contributed by atoms with van der Waals surface area (Å²) >= 11 is 6.39. The van der Waals surface area contributed by atoms with E-state index in [2.05, 4.69) is 10.4 Å². The molecule has 2 aliphatic heterocycles. The van der Waals surface area contributed by atoms with Crippen LogP contribution in [0.4, 0.5) is 19.0 Å². The van der Waals surface area contributed by atoms with Crippen molar-refractivity contribution in [3.63, 3.8) is 0 Å². The number of nitrogens with one attached hydrogen (secondary N) is 1. The van der Waals surface area contributed by atoms with Crippen molar-refractivity contribution in [2.75, 3.05) is 18.4 Å². The van der Waals surface area contributed by atoms with E-state index in [0.29, 0.717) is 13.1 Å². The number of piperidine rings is 1. The molecule has 5 nitrogen and oxygen atoms in total. The minimum atomic E-state index is -4.51. The van der Waals surface area contributed by atoms with Gasteiger partial charge in [0, 0.05) is 19.5 Å².